The van der Waals surface area contributed by atoms with Gasteiger partial charge in [-0.15, -0.1) is 0 Å². The molecule has 1 aromatic carbocycles. The lowest BCUT2D eigenvalue weighted by Crippen LogP contribution is -2.34. The van der Waals surface area contributed by atoms with Gasteiger partial charge in [-0.1, -0.05) is 19.9 Å². The van der Waals surface area contributed by atoms with Crippen LogP contribution >= 0.6 is 22.6 Å². The van der Waals surface area contributed by atoms with Gasteiger partial charge in [-0.25, -0.2) is 0 Å². The van der Waals surface area contributed by atoms with Crippen molar-refractivity contribution in [2.45, 2.75) is 32.7 Å². The molecule has 2 rings (SSSR count). The van der Waals surface area contributed by atoms with Crippen molar-refractivity contribution in [2.24, 2.45) is 5.92 Å². The number of carbonyl (C=O) groups excluding carboxylic acids is 1. The van der Waals surface area contributed by atoms with Crippen molar-refractivity contribution in [2.75, 3.05) is 6.61 Å². The van der Waals surface area contributed by atoms with Gasteiger partial charge in [-0.3, -0.25) is 4.79 Å². The first kappa shape index (κ1) is 13.6. The van der Waals surface area contributed by atoms with Crippen LogP contribution in [0.2, 0.25) is 0 Å². The van der Waals surface area contributed by atoms with Gasteiger partial charge in [0.1, 0.15) is 5.75 Å². The summed E-state index contributed by atoms with van der Waals surface area (Å²) < 4.78 is 6.78. The molecule has 1 aliphatic heterocycles. The number of carbonyl (C=O) groups is 1. The van der Waals surface area contributed by atoms with Crippen LogP contribution in [0.4, 0.5) is 0 Å². The highest BCUT2D eigenvalue weighted by Crippen LogP contribution is 2.32. The van der Waals surface area contributed by atoms with Crippen molar-refractivity contribution in [3.05, 3.63) is 26.8 Å². The van der Waals surface area contributed by atoms with Crippen LogP contribution in [0.5, 0.6) is 5.75 Å². The molecule has 1 aliphatic rings. The Bertz CT molecular complexity index is 446. The Kier molecular flexibility index (Phi) is 4.48. The van der Waals surface area contributed by atoms with Crippen molar-refractivity contribution in [1.29, 1.82) is 0 Å². The van der Waals surface area contributed by atoms with Crippen LogP contribution in [0.1, 0.15) is 25.0 Å². The van der Waals surface area contributed by atoms with Crippen molar-refractivity contribution >= 4 is 29.0 Å². The lowest BCUT2D eigenvalue weighted by molar-refractivity contribution is -0.110. The van der Waals surface area contributed by atoms with Gasteiger partial charge in [-0.2, -0.15) is 0 Å². The molecule has 0 aliphatic carbocycles. The van der Waals surface area contributed by atoms with Crippen LogP contribution in [-0.2, 0) is 17.6 Å². The number of nitrogens with one attached hydrogen (secondary N) is 1. The number of benzene rings is 1. The summed E-state index contributed by atoms with van der Waals surface area (Å²) in [4.78, 5) is 10.6. The van der Waals surface area contributed by atoms with Crippen LogP contribution in [0, 0.1) is 9.49 Å². The van der Waals surface area contributed by atoms with Gasteiger partial charge in [0.05, 0.1) is 10.2 Å². The van der Waals surface area contributed by atoms with Crippen LogP contribution in [0.15, 0.2) is 12.1 Å². The summed E-state index contributed by atoms with van der Waals surface area (Å²) in [6.07, 6.45) is 2.67. The van der Waals surface area contributed by atoms with Gasteiger partial charge in [0.2, 0.25) is 6.41 Å². The minimum absolute atomic E-state index is 0.193. The predicted molar refractivity (Wildman–Crippen MR) is 79.9 cm³/mol. The van der Waals surface area contributed by atoms with Crippen molar-refractivity contribution < 1.29 is 9.53 Å². The third-order valence-corrected chi connectivity index (χ3v) is 4.14. The fourth-order valence-corrected chi connectivity index (χ4v) is 3.17. The quantitative estimate of drug-likeness (QED) is 0.648. The molecule has 1 heterocycles. The maximum atomic E-state index is 10.6. The summed E-state index contributed by atoms with van der Waals surface area (Å²) in [6, 6.07) is 4.57. The predicted octanol–water partition coefficient (Wildman–Crippen LogP) is 2.54. The smallest absolute Gasteiger partial charge is 0.207 e. The molecule has 0 bridgehead atoms. The highest BCUT2D eigenvalue weighted by molar-refractivity contribution is 14.1. The molecule has 18 heavy (non-hydrogen) atoms. The normalized spacial score (nSPS) is 15.1. The van der Waals surface area contributed by atoms with Crippen LogP contribution < -0.4 is 10.1 Å². The second kappa shape index (κ2) is 5.91. The lowest BCUT2D eigenvalue weighted by atomic mass is 9.95. The summed E-state index contributed by atoms with van der Waals surface area (Å²) in [5.41, 5.74) is 2.57. The Labute approximate surface area is 121 Å². The van der Waals surface area contributed by atoms with E-state index in [1.54, 1.807) is 0 Å². The standard InChI is InChI=1S/C14H18INO2/c1-9(2)13(16-8-17)7-10-5-11-3-4-18-14(11)12(15)6-10/h5-6,8-9,13H,3-4,7H2,1-2H3,(H,16,17). The SMILES string of the molecule is CC(C)C(Cc1cc(I)c2c(c1)CCO2)NC=O. The van der Waals surface area contributed by atoms with E-state index in [1.165, 1.54) is 14.7 Å². The van der Waals surface area contributed by atoms with E-state index in [4.69, 9.17) is 4.74 Å². The Morgan fingerprint density at radius 1 is 1.50 bits per heavy atom. The second-order valence-electron chi connectivity index (χ2n) is 5.00. The molecule has 0 saturated carbocycles. The van der Waals surface area contributed by atoms with Gasteiger partial charge in [0, 0.05) is 12.5 Å². The average molecular weight is 359 g/mol. The highest BCUT2D eigenvalue weighted by Gasteiger charge is 2.19. The fraction of sp³-hybridized carbons (Fsp3) is 0.500. The average Bonchev–Trinajstić information content (AvgIpc) is 2.77. The Morgan fingerprint density at radius 2 is 2.28 bits per heavy atom. The van der Waals surface area contributed by atoms with Crippen LogP contribution in [0.25, 0.3) is 0 Å². The number of ether oxygens (including phenoxy) is 1. The molecule has 3 nitrogen and oxygen atoms in total. The fourth-order valence-electron chi connectivity index (χ4n) is 2.27. The minimum Gasteiger partial charge on any atom is -0.492 e. The molecule has 1 aromatic rings. The van der Waals surface area contributed by atoms with E-state index in [1.807, 2.05) is 0 Å². The molecule has 1 N–H and O–H groups in total. The maximum absolute atomic E-state index is 10.6. The van der Waals surface area contributed by atoms with Crippen molar-refractivity contribution in [3.63, 3.8) is 0 Å². The van der Waals surface area contributed by atoms with E-state index >= 15 is 0 Å². The molecule has 1 amide bonds. The molecule has 0 fully saturated rings. The molecule has 1 unspecified atom stereocenters. The summed E-state index contributed by atoms with van der Waals surface area (Å²) in [7, 11) is 0. The molecule has 0 saturated heterocycles. The van der Waals surface area contributed by atoms with Gasteiger partial charge in [0.15, 0.2) is 0 Å². The van der Waals surface area contributed by atoms with E-state index in [0.717, 1.165) is 31.6 Å². The lowest BCUT2D eigenvalue weighted by Gasteiger charge is -2.20. The number of fused-ring (bicyclic) bond motifs is 1. The molecule has 0 radical (unpaired) electrons. The van der Waals surface area contributed by atoms with Crippen LogP contribution in [-0.4, -0.2) is 19.1 Å². The maximum Gasteiger partial charge on any atom is 0.207 e. The highest BCUT2D eigenvalue weighted by atomic mass is 127. The topological polar surface area (TPSA) is 38.3 Å². The summed E-state index contributed by atoms with van der Waals surface area (Å²) in [5.74, 6) is 1.47. The molecule has 98 valence electrons. The summed E-state index contributed by atoms with van der Waals surface area (Å²) in [5, 5.41) is 2.90. The first-order valence-corrected chi connectivity index (χ1v) is 7.33. The van der Waals surface area contributed by atoms with E-state index in [2.05, 4.69) is 53.9 Å². The molecule has 4 heteroatoms. The van der Waals surface area contributed by atoms with Crippen molar-refractivity contribution in [3.8, 4) is 5.75 Å². The first-order valence-electron chi connectivity index (χ1n) is 6.25. The number of amides is 1. The molecular weight excluding hydrogens is 341 g/mol. The number of hydrogen-bond acceptors (Lipinski definition) is 2. The van der Waals surface area contributed by atoms with Crippen LogP contribution in [0.3, 0.4) is 0 Å². The molecular formula is C14H18INO2. The third-order valence-electron chi connectivity index (χ3n) is 3.34. The summed E-state index contributed by atoms with van der Waals surface area (Å²) >= 11 is 2.32. The Morgan fingerprint density at radius 3 is 2.94 bits per heavy atom. The Hall–Kier alpha value is -0.780. The zero-order valence-electron chi connectivity index (χ0n) is 10.7. The first-order chi connectivity index (χ1) is 8.61. The second-order valence-corrected chi connectivity index (χ2v) is 6.17. The molecule has 1 atom stereocenters. The summed E-state index contributed by atoms with van der Waals surface area (Å²) in [6.45, 7) is 5.04. The molecule has 0 spiro atoms. The number of hydrogen-bond donors (Lipinski definition) is 1. The van der Waals surface area contributed by atoms with Gasteiger partial charge in [-0.05, 0) is 52.1 Å². The largest absolute Gasteiger partial charge is 0.492 e. The van der Waals surface area contributed by atoms with Gasteiger partial charge < -0.3 is 10.1 Å². The zero-order chi connectivity index (χ0) is 13.1. The minimum atomic E-state index is 0.193. The van der Waals surface area contributed by atoms with E-state index in [9.17, 15) is 4.79 Å². The van der Waals surface area contributed by atoms with E-state index in [-0.39, 0.29) is 6.04 Å². The third kappa shape index (κ3) is 2.96. The van der Waals surface area contributed by atoms with Crippen molar-refractivity contribution in [1.82, 2.24) is 5.32 Å². The number of halogens is 1. The Balaban J connectivity index is 2.18. The van der Waals surface area contributed by atoms with Gasteiger partial charge >= 0.3 is 0 Å². The van der Waals surface area contributed by atoms with E-state index in [0.29, 0.717) is 5.92 Å². The van der Waals surface area contributed by atoms with E-state index < -0.39 is 0 Å². The zero-order valence-corrected chi connectivity index (χ0v) is 12.9. The van der Waals surface area contributed by atoms with Gasteiger partial charge in [0.25, 0.3) is 0 Å². The number of rotatable bonds is 5. The monoisotopic (exact) mass is 359 g/mol. The molecule has 0 aromatic heterocycles.